The van der Waals surface area contributed by atoms with E-state index in [1.807, 2.05) is 0 Å². The lowest BCUT2D eigenvalue weighted by molar-refractivity contribution is -0.0687. The van der Waals surface area contributed by atoms with Crippen molar-refractivity contribution in [1.29, 1.82) is 0 Å². The summed E-state index contributed by atoms with van der Waals surface area (Å²) in [5.74, 6) is 0.542. The Labute approximate surface area is 178 Å². The highest BCUT2D eigenvalue weighted by atomic mass is 19.3. The van der Waals surface area contributed by atoms with Crippen LogP contribution >= 0.6 is 0 Å². The first-order chi connectivity index (χ1) is 13.6. The maximum Gasteiger partial charge on any atom is 0.250 e. The van der Waals surface area contributed by atoms with Gasteiger partial charge in [0.05, 0.1) is 0 Å². The van der Waals surface area contributed by atoms with Gasteiger partial charge in [-0.3, -0.25) is 0 Å². The van der Waals surface area contributed by atoms with Crippen LogP contribution in [0, 0.1) is 46.3 Å². The molecule has 0 aliphatic heterocycles. The molecule has 0 saturated heterocycles. The van der Waals surface area contributed by atoms with E-state index >= 15 is 0 Å². The van der Waals surface area contributed by atoms with Crippen molar-refractivity contribution in [1.82, 2.24) is 0 Å². The van der Waals surface area contributed by atoms with Crippen molar-refractivity contribution < 1.29 is 8.78 Å². The molecule has 0 aromatic carbocycles. The van der Waals surface area contributed by atoms with Crippen LogP contribution in [0.5, 0.6) is 0 Å². The maximum absolute atomic E-state index is 14.2. The third-order valence-corrected chi connectivity index (χ3v) is 10.6. The fraction of sp³-hybridized carbons (Fsp3) is 0.926. The number of rotatable bonds is 5. The zero-order valence-electron chi connectivity index (χ0n) is 19.6. The zero-order chi connectivity index (χ0) is 21.0. The predicted molar refractivity (Wildman–Crippen MR) is 118 cm³/mol. The Morgan fingerprint density at radius 3 is 2.52 bits per heavy atom. The van der Waals surface area contributed by atoms with Crippen molar-refractivity contribution in [3.63, 3.8) is 0 Å². The van der Waals surface area contributed by atoms with Crippen LogP contribution < -0.4 is 0 Å². The number of hydrogen-bond acceptors (Lipinski definition) is 0. The van der Waals surface area contributed by atoms with Crippen molar-refractivity contribution in [3.05, 3.63) is 11.6 Å². The monoisotopic (exact) mass is 406 g/mol. The van der Waals surface area contributed by atoms with Crippen LogP contribution in [0.25, 0.3) is 0 Å². The predicted octanol–water partition coefficient (Wildman–Crippen LogP) is 8.66. The first-order valence-electron chi connectivity index (χ1n) is 12.7. The summed E-state index contributed by atoms with van der Waals surface area (Å²) in [6.07, 6.45) is 15.5. The number of fused-ring (bicyclic) bond motifs is 5. The normalized spacial score (nSPS) is 43.4. The van der Waals surface area contributed by atoms with Gasteiger partial charge in [0.2, 0.25) is 5.92 Å². The van der Waals surface area contributed by atoms with Gasteiger partial charge < -0.3 is 0 Å². The van der Waals surface area contributed by atoms with Crippen LogP contribution in [-0.2, 0) is 0 Å². The van der Waals surface area contributed by atoms with Crippen LogP contribution in [-0.4, -0.2) is 5.92 Å². The van der Waals surface area contributed by atoms with E-state index in [0.717, 1.165) is 17.8 Å². The van der Waals surface area contributed by atoms with Gasteiger partial charge in [-0.1, -0.05) is 52.7 Å². The molecule has 29 heavy (non-hydrogen) atoms. The Hall–Kier alpha value is -0.400. The van der Waals surface area contributed by atoms with E-state index in [2.05, 4.69) is 26.8 Å². The first-order valence-corrected chi connectivity index (χ1v) is 12.7. The van der Waals surface area contributed by atoms with Gasteiger partial charge in [0, 0.05) is 12.3 Å². The van der Waals surface area contributed by atoms with E-state index in [-0.39, 0.29) is 6.42 Å². The fourth-order valence-electron chi connectivity index (χ4n) is 8.58. The summed E-state index contributed by atoms with van der Waals surface area (Å²) in [4.78, 5) is 0. The molecule has 0 aromatic heterocycles. The first kappa shape index (κ1) is 21.8. The smallest absolute Gasteiger partial charge is 0.207 e. The third-order valence-electron chi connectivity index (χ3n) is 10.6. The molecule has 0 heterocycles. The lowest BCUT2D eigenvalue weighted by atomic mass is 9.47. The highest BCUT2D eigenvalue weighted by Crippen LogP contribution is 2.67. The molecule has 0 aromatic rings. The molecule has 4 aliphatic carbocycles. The Morgan fingerprint density at radius 1 is 1.03 bits per heavy atom. The van der Waals surface area contributed by atoms with Crippen molar-refractivity contribution in [2.75, 3.05) is 0 Å². The summed E-state index contributed by atoms with van der Waals surface area (Å²) < 4.78 is 28.5. The molecule has 4 rings (SSSR count). The van der Waals surface area contributed by atoms with E-state index in [4.69, 9.17) is 0 Å². The van der Waals surface area contributed by atoms with Gasteiger partial charge in [-0.2, -0.15) is 0 Å². The van der Waals surface area contributed by atoms with Gasteiger partial charge >= 0.3 is 0 Å². The highest BCUT2D eigenvalue weighted by Gasteiger charge is 2.58. The Balaban J connectivity index is 1.49. The molecule has 0 amide bonds. The molecule has 0 radical (unpaired) electrons. The number of hydrogen-bond donors (Lipinski definition) is 0. The third kappa shape index (κ3) is 3.53. The van der Waals surface area contributed by atoms with Crippen LogP contribution in [0.3, 0.4) is 0 Å². The topological polar surface area (TPSA) is 0 Å². The summed E-state index contributed by atoms with van der Waals surface area (Å²) in [6, 6.07) is 0. The van der Waals surface area contributed by atoms with E-state index in [0.29, 0.717) is 29.1 Å². The minimum absolute atomic E-state index is 0.0688. The van der Waals surface area contributed by atoms with Crippen LogP contribution in [0.4, 0.5) is 8.78 Å². The van der Waals surface area contributed by atoms with Gasteiger partial charge in [0.1, 0.15) is 0 Å². The number of alkyl halides is 2. The number of halogens is 2. The Morgan fingerprint density at radius 2 is 1.79 bits per heavy atom. The molecule has 0 bridgehead atoms. The summed E-state index contributed by atoms with van der Waals surface area (Å²) in [7, 11) is 0. The molecule has 7 unspecified atom stereocenters. The van der Waals surface area contributed by atoms with Gasteiger partial charge in [-0.25, -0.2) is 8.78 Å². The molecular formula is C27H44F2. The highest BCUT2D eigenvalue weighted by molar-refractivity contribution is 5.24. The van der Waals surface area contributed by atoms with Gasteiger partial charge in [0.25, 0.3) is 0 Å². The van der Waals surface area contributed by atoms with E-state index in [1.54, 1.807) is 19.4 Å². The quantitative estimate of drug-likeness (QED) is 0.401. The van der Waals surface area contributed by atoms with E-state index in [9.17, 15) is 8.78 Å². The molecule has 4 aliphatic rings. The molecule has 7 atom stereocenters. The maximum atomic E-state index is 14.2. The minimum Gasteiger partial charge on any atom is -0.207 e. The second-order valence-electron chi connectivity index (χ2n) is 12.1. The van der Waals surface area contributed by atoms with Crippen molar-refractivity contribution in [2.45, 2.75) is 111 Å². The molecule has 166 valence electrons. The second-order valence-corrected chi connectivity index (χ2v) is 12.1. The van der Waals surface area contributed by atoms with Crippen molar-refractivity contribution >= 4 is 0 Å². The van der Waals surface area contributed by atoms with Gasteiger partial charge in [-0.15, -0.1) is 0 Å². The van der Waals surface area contributed by atoms with Crippen molar-refractivity contribution in [3.8, 4) is 0 Å². The van der Waals surface area contributed by atoms with E-state index in [1.165, 1.54) is 57.8 Å². The molecule has 0 N–H and O–H groups in total. The second kappa shape index (κ2) is 7.63. The Kier molecular flexibility index (Phi) is 5.74. The summed E-state index contributed by atoms with van der Waals surface area (Å²) in [5.41, 5.74) is 2.63. The summed E-state index contributed by atoms with van der Waals surface area (Å²) in [5, 5.41) is 0. The SMILES string of the molecule is CC(CCC(F)(F)C(C)C)C1CCC2C3CC=C4CCCCC4(C)C3CCC12C. The molecule has 0 nitrogen and oxygen atoms in total. The van der Waals surface area contributed by atoms with E-state index < -0.39 is 11.8 Å². The molecule has 3 fully saturated rings. The lowest BCUT2D eigenvalue weighted by Crippen LogP contribution is -2.50. The molecular weight excluding hydrogens is 362 g/mol. The average molecular weight is 407 g/mol. The van der Waals surface area contributed by atoms with Gasteiger partial charge in [0.15, 0.2) is 0 Å². The number of allylic oxidation sites excluding steroid dienone is 2. The molecule has 3 saturated carbocycles. The van der Waals surface area contributed by atoms with Crippen molar-refractivity contribution in [2.24, 2.45) is 46.3 Å². The summed E-state index contributed by atoms with van der Waals surface area (Å²) >= 11 is 0. The Bertz CT molecular complexity index is 634. The summed E-state index contributed by atoms with van der Waals surface area (Å²) in [6.45, 7) is 10.7. The molecule has 0 spiro atoms. The average Bonchev–Trinajstić information content (AvgIpc) is 3.03. The van der Waals surface area contributed by atoms with Gasteiger partial charge in [-0.05, 0) is 98.2 Å². The van der Waals surface area contributed by atoms with Crippen LogP contribution in [0.2, 0.25) is 0 Å². The van der Waals surface area contributed by atoms with Crippen LogP contribution in [0.1, 0.15) is 105 Å². The molecule has 2 heteroatoms. The largest absolute Gasteiger partial charge is 0.250 e. The lowest BCUT2D eigenvalue weighted by Gasteiger charge is -2.58. The standard InChI is InChI=1S/C27H44F2/c1-18(2)27(28,29)17-13-19(3)22-11-12-23-21-10-9-20-8-6-7-15-25(20,4)24(21)14-16-26(22,23)5/h9,18-19,21-24H,6-8,10-17H2,1-5H3. The zero-order valence-corrected chi connectivity index (χ0v) is 19.6. The van der Waals surface area contributed by atoms with Crippen LogP contribution in [0.15, 0.2) is 11.6 Å². The minimum atomic E-state index is -2.51. The fourth-order valence-corrected chi connectivity index (χ4v) is 8.58.